The molecule has 2 aliphatic rings. The van der Waals surface area contributed by atoms with Crippen molar-refractivity contribution in [2.75, 3.05) is 7.11 Å². The van der Waals surface area contributed by atoms with Crippen LogP contribution in [0.1, 0.15) is 24.5 Å². The SMILES string of the molecule is CO[C@H](C)[C@@H]1NC(=O)C2(CCc3cc(Br)ccc32)NC1=O. The molecule has 0 saturated carbocycles. The van der Waals surface area contributed by atoms with E-state index in [9.17, 15) is 9.59 Å². The molecule has 112 valence electrons. The number of methoxy groups -OCH3 is 1. The molecule has 0 aromatic heterocycles. The van der Waals surface area contributed by atoms with Crippen molar-refractivity contribution >= 4 is 27.7 Å². The van der Waals surface area contributed by atoms with Gasteiger partial charge in [-0.2, -0.15) is 0 Å². The second kappa shape index (κ2) is 5.10. The lowest BCUT2D eigenvalue weighted by molar-refractivity contribution is -0.145. The zero-order valence-electron chi connectivity index (χ0n) is 11.9. The van der Waals surface area contributed by atoms with Gasteiger partial charge in [-0.1, -0.05) is 22.0 Å². The highest BCUT2D eigenvalue weighted by Gasteiger charge is 2.52. The Kier molecular flexibility index (Phi) is 3.53. The van der Waals surface area contributed by atoms with Crippen molar-refractivity contribution in [3.8, 4) is 0 Å². The highest BCUT2D eigenvalue weighted by atomic mass is 79.9. The molecule has 1 aromatic carbocycles. The number of carbonyl (C=O) groups excluding carboxylic acids is 2. The maximum atomic E-state index is 12.6. The number of halogens is 1. The molecule has 1 unspecified atom stereocenters. The number of nitrogens with one attached hydrogen (secondary N) is 2. The molecule has 1 aliphatic carbocycles. The number of carbonyl (C=O) groups is 2. The van der Waals surface area contributed by atoms with E-state index < -0.39 is 11.6 Å². The van der Waals surface area contributed by atoms with Gasteiger partial charge in [0.25, 0.3) is 5.91 Å². The van der Waals surface area contributed by atoms with Crippen LogP contribution in [-0.2, 0) is 26.3 Å². The van der Waals surface area contributed by atoms with E-state index in [4.69, 9.17) is 4.74 Å². The fourth-order valence-electron chi connectivity index (χ4n) is 3.15. The maximum absolute atomic E-state index is 12.6. The molecule has 1 saturated heterocycles. The van der Waals surface area contributed by atoms with Gasteiger partial charge in [0.15, 0.2) is 0 Å². The van der Waals surface area contributed by atoms with Crippen molar-refractivity contribution in [3.63, 3.8) is 0 Å². The number of hydrogen-bond acceptors (Lipinski definition) is 3. The molecule has 5 nitrogen and oxygen atoms in total. The predicted octanol–water partition coefficient (Wildman–Crippen LogP) is 1.24. The van der Waals surface area contributed by atoms with Crippen LogP contribution in [0, 0.1) is 0 Å². The molecular weight excluding hydrogens is 336 g/mol. The quantitative estimate of drug-likeness (QED) is 0.841. The van der Waals surface area contributed by atoms with Gasteiger partial charge in [-0.05, 0) is 43.0 Å². The Hall–Kier alpha value is -1.40. The first-order chi connectivity index (χ1) is 9.98. The highest BCUT2D eigenvalue weighted by molar-refractivity contribution is 9.10. The first-order valence-corrected chi connectivity index (χ1v) is 7.72. The summed E-state index contributed by atoms with van der Waals surface area (Å²) in [6, 6.07) is 5.17. The van der Waals surface area contributed by atoms with Crippen molar-refractivity contribution in [1.82, 2.24) is 10.6 Å². The summed E-state index contributed by atoms with van der Waals surface area (Å²) >= 11 is 3.44. The number of amides is 2. The van der Waals surface area contributed by atoms with Crippen molar-refractivity contribution in [3.05, 3.63) is 33.8 Å². The molecule has 3 rings (SSSR count). The number of ether oxygens (including phenoxy) is 1. The minimum Gasteiger partial charge on any atom is -0.379 e. The zero-order chi connectivity index (χ0) is 15.2. The molecule has 1 aliphatic heterocycles. The number of hydrogen-bond donors (Lipinski definition) is 2. The van der Waals surface area contributed by atoms with Gasteiger partial charge in [0.2, 0.25) is 5.91 Å². The summed E-state index contributed by atoms with van der Waals surface area (Å²) in [7, 11) is 1.52. The fourth-order valence-corrected chi connectivity index (χ4v) is 3.56. The van der Waals surface area contributed by atoms with Gasteiger partial charge >= 0.3 is 0 Å². The van der Waals surface area contributed by atoms with Crippen LogP contribution in [0.2, 0.25) is 0 Å². The molecule has 3 atom stereocenters. The smallest absolute Gasteiger partial charge is 0.251 e. The van der Waals surface area contributed by atoms with E-state index in [1.54, 1.807) is 6.92 Å². The summed E-state index contributed by atoms with van der Waals surface area (Å²) in [5.41, 5.74) is 1.05. The van der Waals surface area contributed by atoms with Gasteiger partial charge in [-0.15, -0.1) is 0 Å². The van der Waals surface area contributed by atoms with Crippen molar-refractivity contribution < 1.29 is 14.3 Å². The van der Waals surface area contributed by atoms with Crippen LogP contribution < -0.4 is 10.6 Å². The zero-order valence-corrected chi connectivity index (χ0v) is 13.5. The van der Waals surface area contributed by atoms with Gasteiger partial charge in [0.05, 0.1) is 6.10 Å². The Labute approximate surface area is 131 Å². The van der Waals surface area contributed by atoms with Gasteiger partial charge in [0.1, 0.15) is 11.6 Å². The minimum absolute atomic E-state index is 0.155. The third-order valence-electron chi connectivity index (χ3n) is 4.43. The third kappa shape index (κ3) is 2.17. The van der Waals surface area contributed by atoms with Gasteiger partial charge < -0.3 is 15.4 Å². The Morgan fingerprint density at radius 3 is 2.90 bits per heavy atom. The molecule has 2 N–H and O–H groups in total. The highest BCUT2D eigenvalue weighted by Crippen LogP contribution is 2.39. The van der Waals surface area contributed by atoms with Crippen molar-refractivity contribution in [1.29, 1.82) is 0 Å². The number of rotatable bonds is 2. The summed E-state index contributed by atoms with van der Waals surface area (Å²) in [4.78, 5) is 25.0. The van der Waals surface area contributed by atoms with Crippen molar-refractivity contribution in [2.45, 2.75) is 37.5 Å². The van der Waals surface area contributed by atoms with Crippen LogP contribution in [0.3, 0.4) is 0 Å². The van der Waals surface area contributed by atoms with Crippen LogP contribution in [0.25, 0.3) is 0 Å². The van der Waals surface area contributed by atoms with E-state index in [0.717, 1.165) is 22.0 Å². The molecule has 1 spiro atoms. The molecule has 21 heavy (non-hydrogen) atoms. The third-order valence-corrected chi connectivity index (χ3v) is 4.92. The van der Waals surface area contributed by atoms with E-state index in [0.29, 0.717) is 6.42 Å². The van der Waals surface area contributed by atoms with E-state index >= 15 is 0 Å². The molecule has 1 heterocycles. The predicted molar refractivity (Wildman–Crippen MR) is 80.7 cm³/mol. The molecule has 2 amide bonds. The summed E-state index contributed by atoms with van der Waals surface area (Å²) < 4.78 is 6.14. The molecular formula is C15H17BrN2O3. The van der Waals surface area contributed by atoms with Gasteiger partial charge in [-0.3, -0.25) is 9.59 Å². The standard InChI is InChI=1S/C15H17BrN2O3/c1-8(21-2)12-13(19)18-15(14(20)17-12)6-5-9-7-10(16)3-4-11(9)15/h3-4,7-8,12H,5-6H2,1-2H3,(H,17,20)(H,18,19)/t8-,12+,15?/m1/s1. The van der Waals surface area contributed by atoms with E-state index in [-0.39, 0.29) is 17.9 Å². The lowest BCUT2D eigenvalue weighted by Gasteiger charge is -2.39. The average molecular weight is 353 g/mol. The first kappa shape index (κ1) is 14.5. The van der Waals surface area contributed by atoms with Crippen LogP contribution in [0.5, 0.6) is 0 Å². The Balaban J connectivity index is 1.96. The molecule has 0 radical (unpaired) electrons. The summed E-state index contributed by atoms with van der Waals surface area (Å²) in [5.74, 6) is -0.350. The van der Waals surface area contributed by atoms with Crippen LogP contribution in [0.15, 0.2) is 22.7 Å². The second-order valence-corrected chi connectivity index (χ2v) is 6.50. The summed E-state index contributed by atoms with van der Waals surface area (Å²) in [6.45, 7) is 1.77. The van der Waals surface area contributed by atoms with E-state index in [1.807, 2.05) is 18.2 Å². The number of benzene rings is 1. The summed E-state index contributed by atoms with van der Waals surface area (Å²) in [6.07, 6.45) is 0.995. The molecule has 1 fully saturated rings. The van der Waals surface area contributed by atoms with Crippen LogP contribution in [0.4, 0.5) is 0 Å². The number of aryl methyl sites for hydroxylation is 1. The lowest BCUT2D eigenvalue weighted by Crippen LogP contribution is -2.69. The maximum Gasteiger partial charge on any atom is 0.251 e. The van der Waals surface area contributed by atoms with Crippen LogP contribution in [-0.4, -0.2) is 31.1 Å². The number of piperazine rings is 1. The van der Waals surface area contributed by atoms with Gasteiger partial charge in [-0.25, -0.2) is 0 Å². The minimum atomic E-state index is -0.933. The largest absolute Gasteiger partial charge is 0.379 e. The van der Waals surface area contributed by atoms with E-state index in [1.165, 1.54) is 7.11 Å². The molecule has 1 aromatic rings. The number of fused-ring (bicyclic) bond motifs is 2. The monoisotopic (exact) mass is 352 g/mol. The average Bonchev–Trinajstić information content (AvgIpc) is 2.81. The first-order valence-electron chi connectivity index (χ1n) is 6.92. The molecule has 0 bridgehead atoms. The van der Waals surface area contributed by atoms with Crippen LogP contribution >= 0.6 is 15.9 Å². The Morgan fingerprint density at radius 1 is 1.43 bits per heavy atom. The Bertz CT molecular complexity index is 619. The van der Waals surface area contributed by atoms with E-state index in [2.05, 4.69) is 26.6 Å². The van der Waals surface area contributed by atoms with Gasteiger partial charge in [0, 0.05) is 11.6 Å². The summed E-state index contributed by atoms with van der Waals surface area (Å²) in [5, 5.41) is 5.75. The normalized spacial score (nSPS) is 29.0. The fraction of sp³-hybridized carbons (Fsp3) is 0.467. The Morgan fingerprint density at radius 2 is 2.19 bits per heavy atom. The van der Waals surface area contributed by atoms with Crippen molar-refractivity contribution in [2.24, 2.45) is 0 Å². The second-order valence-electron chi connectivity index (χ2n) is 5.59. The lowest BCUT2D eigenvalue weighted by atomic mass is 9.87. The molecule has 6 heteroatoms. The topological polar surface area (TPSA) is 67.4 Å².